The van der Waals surface area contributed by atoms with E-state index in [0.717, 1.165) is 44.5 Å². The number of hydrogen-bond donors (Lipinski definition) is 5. The minimum Gasteiger partial charge on any atom is -0.340 e. The fraction of sp³-hybridized carbons (Fsp3) is 0. The Morgan fingerprint density at radius 3 is 2.52 bits per heavy atom. The van der Waals surface area contributed by atoms with Crippen LogP contribution in [-0.2, 0) is 0 Å². The van der Waals surface area contributed by atoms with Gasteiger partial charge in [0.25, 0.3) is 5.56 Å². The molecule has 0 amide bonds. The molecule has 0 fully saturated rings. The van der Waals surface area contributed by atoms with E-state index in [1.807, 2.05) is 66.7 Å². The Hall–Kier alpha value is -4.59. The summed E-state index contributed by atoms with van der Waals surface area (Å²) in [4.78, 5) is 16.5. The van der Waals surface area contributed by atoms with Crippen LogP contribution >= 0.6 is 0 Å². The lowest BCUT2D eigenvalue weighted by atomic mass is 10.1. The molecular weight excluding hydrogens is 390 g/mol. The molecule has 31 heavy (non-hydrogen) atoms. The van der Waals surface area contributed by atoms with Gasteiger partial charge in [-0.25, -0.2) is 4.98 Å². The van der Waals surface area contributed by atoms with Crippen LogP contribution in [0.1, 0.15) is 0 Å². The van der Waals surface area contributed by atoms with Gasteiger partial charge < -0.3 is 10.6 Å². The molecule has 0 aliphatic rings. The Labute approximate surface area is 175 Å². The van der Waals surface area contributed by atoms with E-state index in [1.165, 1.54) is 0 Å². The monoisotopic (exact) mass is 407 g/mol. The highest BCUT2D eigenvalue weighted by Gasteiger charge is 2.11. The third-order valence-corrected chi connectivity index (χ3v) is 5.29. The molecule has 150 valence electrons. The number of nitrogens with one attached hydrogen (secondary N) is 5. The number of aromatic nitrogens is 5. The van der Waals surface area contributed by atoms with E-state index in [1.54, 1.807) is 6.07 Å². The summed E-state index contributed by atoms with van der Waals surface area (Å²) in [6.07, 6.45) is 0. The maximum Gasteiger partial charge on any atom is 0.271 e. The predicted molar refractivity (Wildman–Crippen MR) is 123 cm³/mol. The summed E-state index contributed by atoms with van der Waals surface area (Å²) >= 11 is 0. The SMILES string of the molecule is O=c1[nH][nH]c2cc(Nc3cc(Nc4n[nH]c5ccccc45)c4ccccc4n3)ccc12. The standard InChI is InChI=1S/C23H17N7O/c31-23-16-10-9-13(11-20(16)28-30-23)24-21-12-19(14-5-1-3-7-17(14)25-21)26-22-15-6-2-4-8-18(15)27-29-22/h1-12H,(H2,28,30,31)(H3,24,25,26,27,29). The molecule has 8 heteroatoms. The van der Waals surface area contributed by atoms with Crippen LogP contribution in [0.5, 0.6) is 0 Å². The molecule has 0 aliphatic carbocycles. The lowest BCUT2D eigenvalue weighted by molar-refractivity contribution is 1.08. The summed E-state index contributed by atoms with van der Waals surface area (Å²) in [5, 5.41) is 22.4. The number of hydrogen-bond acceptors (Lipinski definition) is 5. The molecule has 0 spiro atoms. The van der Waals surface area contributed by atoms with Gasteiger partial charge in [0.1, 0.15) is 5.82 Å². The van der Waals surface area contributed by atoms with Crippen molar-refractivity contribution >= 4 is 55.7 Å². The van der Waals surface area contributed by atoms with Gasteiger partial charge in [-0.1, -0.05) is 30.3 Å². The van der Waals surface area contributed by atoms with Crippen LogP contribution in [-0.4, -0.2) is 25.4 Å². The van der Waals surface area contributed by atoms with Gasteiger partial charge in [0.2, 0.25) is 0 Å². The quantitative estimate of drug-likeness (QED) is 0.289. The maximum atomic E-state index is 11.7. The number of aromatic amines is 3. The first-order valence-corrected chi connectivity index (χ1v) is 9.82. The van der Waals surface area contributed by atoms with Gasteiger partial charge in [-0.15, -0.1) is 0 Å². The van der Waals surface area contributed by atoms with Crippen LogP contribution in [0.2, 0.25) is 0 Å². The Kier molecular flexibility index (Phi) is 3.76. The summed E-state index contributed by atoms with van der Waals surface area (Å²) in [7, 11) is 0. The first kappa shape index (κ1) is 17.3. The lowest BCUT2D eigenvalue weighted by Gasteiger charge is -2.12. The molecule has 3 heterocycles. The van der Waals surface area contributed by atoms with Crippen molar-refractivity contribution in [1.82, 2.24) is 25.4 Å². The minimum absolute atomic E-state index is 0.136. The zero-order chi connectivity index (χ0) is 20.8. The highest BCUT2D eigenvalue weighted by atomic mass is 16.1. The lowest BCUT2D eigenvalue weighted by Crippen LogP contribution is -1.99. The molecule has 3 aromatic carbocycles. The minimum atomic E-state index is -0.136. The molecule has 0 saturated carbocycles. The summed E-state index contributed by atoms with van der Waals surface area (Å²) in [6, 6.07) is 23.4. The fourth-order valence-corrected chi connectivity index (χ4v) is 3.79. The molecule has 0 bridgehead atoms. The first-order valence-electron chi connectivity index (χ1n) is 9.82. The molecule has 0 saturated heterocycles. The van der Waals surface area contributed by atoms with Crippen LogP contribution in [0, 0.1) is 0 Å². The van der Waals surface area contributed by atoms with E-state index < -0.39 is 0 Å². The van der Waals surface area contributed by atoms with Gasteiger partial charge in [0.15, 0.2) is 5.82 Å². The zero-order valence-corrected chi connectivity index (χ0v) is 16.2. The highest BCUT2D eigenvalue weighted by molar-refractivity contribution is 5.98. The number of H-pyrrole nitrogens is 3. The molecule has 3 aromatic heterocycles. The van der Waals surface area contributed by atoms with E-state index in [2.05, 4.69) is 31.0 Å². The van der Waals surface area contributed by atoms with Crippen molar-refractivity contribution in [1.29, 1.82) is 0 Å². The van der Waals surface area contributed by atoms with Crippen molar-refractivity contribution in [2.75, 3.05) is 10.6 Å². The van der Waals surface area contributed by atoms with Crippen molar-refractivity contribution in [3.63, 3.8) is 0 Å². The van der Waals surface area contributed by atoms with E-state index in [9.17, 15) is 4.79 Å². The van der Waals surface area contributed by atoms with Crippen molar-refractivity contribution in [3.8, 4) is 0 Å². The van der Waals surface area contributed by atoms with E-state index in [4.69, 9.17) is 4.98 Å². The van der Waals surface area contributed by atoms with Crippen LogP contribution in [0.25, 0.3) is 32.7 Å². The summed E-state index contributed by atoms with van der Waals surface area (Å²) in [5.74, 6) is 1.43. The first-order chi connectivity index (χ1) is 15.2. The number of para-hydroxylation sites is 2. The van der Waals surface area contributed by atoms with Crippen LogP contribution in [0.3, 0.4) is 0 Å². The average Bonchev–Trinajstić information content (AvgIpc) is 3.37. The number of fused-ring (bicyclic) bond motifs is 3. The van der Waals surface area contributed by atoms with Crippen molar-refractivity contribution in [3.05, 3.63) is 83.2 Å². The number of rotatable bonds is 4. The Bertz CT molecular complexity index is 1630. The third-order valence-electron chi connectivity index (χ3n) is 5.29. The molecule has 6 aromatic rings. The highest BCUT2D eigenvalue weighted by Crippen LogP contribution is 2.31. The van der Waals surface area contributed by atoms with Gasteiger partial charge in [-0.3, -0.25) is 20.1 Å². The molecule has 6 rings (SSSR count). The molecule has 0 atom stereocenters. The Morgan fingerprint density at radius 1 is 0.742 bits per heavy atom. The molecular formula is C23H17N7O. The summed E-state index contributed by atoms with van der Waals surface area (Å²) in [5.41, 5.74) is 4.13. The van der Waals surface area contributed by atoms with E-state index in [-0.39, 0.29) is 5.56 Å². The second-order valence-electron chi connectivity index (χ2n) is 7.28. The maximum absolute atomic E-state index is 11.7. The van der Waals surface area contributed by atoms with Gasteiger partial charge in [0.05, 0.1) is 27.6 Å². The molecule has 0 radical (unpaired) electrons. The third kappa shape index (κ3) is 2.98. The second kappa shape index (κ2) is 6.74. The smallest absolute Gasteiger partial charge is 0.271 e. The number of benzene rings is 3. The van der Waals surface area contributed by atoms with E-state index >= 15 is 0 Å². The number of nitrogens with zero attached hydrogens (tertiary/aromatic N) is 2. The Balaban J connectivity index is 1.42. The van der Waals surface area contributed by atoms with Crippen molar-refractivity contribution in [2.24, 2.45) is 0 Å². The predicted octanol–water partition coefficient (Wildman–Crippen LogP) is 4.77. The number of pyridine rings is 1. The number of anilines is 4. The largest absolute Gasteiger partial charge is 0.340 e. The van der Waals surface area contributed by atoms with E-state index in [0.29, 0.717) is 11.2 Å². The van der Waals surface area contributed by atoms with Crippen LogP contribution in [0.4, 0.5) is 23.0 Å². The van der Waals surface area contributed by atoms with Gasteiger partial charge in [-0.05, 0) is 36.4 Å². The van der Waals surface area contributed by atoms with Crippen molar-refractivity contribution in [2.45, 2.75) is 0 Å². The average molecular weight is 407 g/mol. The molecule has 0 unspecified atom stereocenters. The van der Waals surface area contributed by atoms with Crippen LogP contribution < -0.4 is 16.2 Å². The van der Waals surface area contributed by atoms with Crippen molar-refractivity contribution < 1.29 is 0 Å². The van der Waals surface area contributed by atoms with Gasteiger partial charge in [0, 0.05) is 22.5 Å². The topological polar surface area (TPSA) is 114 Å². The summed E-state index contributed by atoms with van der Waals surface area (Å²) < 4.78 is 0. The molecule has 0 aliphatic heterocycles. The molecule has 5 N–H and O–H groups in total. The Morgan fingerprint density at radius 2 is 1.58 bits per heavy atom. The summed E-state index contributed by atoms with van der Waals surface area (Å²) in [6.45, 7) is 0. The van der Waals surface area contributed by atoms with Gasteiger partial charge in [-0.2, -0.15) is 5.10 Å². The molecule has 8 nitrogen and oxygen atoms in total. The van der Waals surface area contributed by atoms with Gasteiger partial charge >= 0.3 is 0 Å². The zero-order valence-electron chi connectivity index (χ0n) is 16.2. The second-order valence-corrected chi connectivity index (χ2v) is 7.28. The normalized spacial score (nSPS) is 11.4. The fourth-order valence-electron chi connectivity index (χ4n) is 3.79. The van der Waals surface area contributed by atoms with Crippen LogP contribution in [0.15, 0.2) is 77.6 Å².